The minimum Gasteiger partial charge on any atom is -0.493 e. The minimum atomic E-state index is 0.523. The topological polar surface area (TPSA) is 48.1 Å². The lowest BCUT2D eigenvalue weighted by Gasteiger charge is -2.08. The molecule has 3 rings (SSSR count). The Morgan fingerprint density at radius 2 is 2.09 bits per heavy atom. The van der Waals surface area contributed by atoms with Gasteiger partial charge < -0.3 is 10.5 Å². The lowest BCUT2D eigenvalue weighted by Crippen LogP contribution is -1.95. The molecule has 3 nitrogen and oxygen atoms in total. The number of aromatic nitrogens is 1. The molecular weight excluding hydrogens is 328 g/mol. The summed E-state index contributed by atoms with van der Waals surface area (Å²) in [5.74, 6) is 0.796. The van der Waals surface area contributed by atoms with E-state index < -0.39 is 0 Å². The SMILES string of the molecule is CCOc1ccc(Cl)cc1-c1csc(-c2cccc(CN)c2)n1. The van der Waals surface area contributed by atoms with Crippen LogP contribution in [0.15, 0.2) is 47.8 Å². The molecule has 0 unspecified atom stereocenters. The molecule has 118 valence electrons. The largest absolute Gasteiger partial charge is 0.493 e. The predicted octanol–water partition coefficient (Wildman–Crippen LogP) is 4.99. The Morgan fingerprint density at radius 3 is 2.87 bits per heavy atom. The summed E-state index contributed by atoms with van der Waals surface area (Å²) in [5, 5.41) is 3.65. The molecular formula is C18H17ClN2OS. The van der Waals surface area contributed by atoms with Gasteiger partial charge in [0.1, 0.15) is 10.8 Å². The second kappa shape index (κ2) is 7.13. The maximum absolute atomic E-state index is 6.14. The molecule has 0 saturated carbocycles. The average Bonchev–Trinajstić information content (AvgIpc) is 3.06. The number of thiazole rings is 1. The van der Waals surface area contributed by atoms with Crippen LogP contribution in [-0.2, 0) is 6.54 Å². The van der Waals surface area contributed by atoms with Crippen LogP contribution in [0.2, 0.25) is 5.02 Å². The van der Waals surface area contributed by atoms with Crippen molar-refractivity contribution in [2.75, 3.05) is 6.61 Å². The Labute approximate surface area is 144 Å². The summed E-state index contributed by atoms with van der Waals surface area (Å²) in [6.07, 6.45) is 0. The molecule has 23 heavy (non-hydrogen) atoms. The van der Waals surface area contributed by atoms with Gasteiger partial charge >= 0.3 is 0 Å². The zero-order valence-corrected chi connectivity index (χ0v) is 14.3. The monoisotopic (exact) mass is 344 g/mol. The molecule has 0 radical (unpaired) electrons. The fourth-order valence-electron chi connectivity index (χ4n) is 2.35. The lowest BCUT2D eigenvalue weighted by atomic mass is 10.1. The van der Waals surface area contributed by atoms with E-state index >= 15 is 0 Å². The highest BCUT2D eigenvalue weighted by Crippen LogP contribution is 2.35. The lowest BCUT2D eigenvalue weighted by molar-refractivity contribution is 0.341. The molecule has 0 bridgehead atoms. The average molecular weight is 345 g/mol. The first-order valence-electron chi connectivity index (χ1n) is 7.39. The standard InChI is InChI=1S/C18H17ClN2OS/c1-2-22-17-7-6-14(19)9-15(17)16-11-23-18(21-16)13-5-3-4-12(8-13)10-20/h3-9,11H,2,10,20H2,1H3. The fourth-order valence-corrected chi connectivity index (χ4v) is 3.33. The molecule has 0 fully saturated rings. The maximum Gasteiger partial charge on any atom is 0.128 e. The van der Waals surface area contributed by atoms with E-state index in [-0.39, 0.29) is 0 Å². The van der Waals surface area contributed by atoms with Crippen molar-refractivity contribution in [1.29, 1.82) is 0 Å². The van der Waals surface area contributed by atoms with Gasteiger partial charge in [-0.2, -0.15) is 0 Å². The van der Waals surface area contributed by atoms with Gasteiger partial charge in [0.25, 0.3) is 0 Å². The zero-order valence-electron chi connectivity index (χ0n) is 12.8. The Kier molecular flexibility index (Phi) is 4.96. The molecule has 0 aliphatic rings. The first-order chi connectivity index (χ1) is 11.2. The summed E-state index contributed by atoms with van der Waals surface area (Å²) in [6, 6.07) is 13.7. The third-order valence-corrected chi connectivity index (χ3v) is 4.56. The van der Waals surface area contributed by atoms with Crippen LogP contribution in [0.4, 0.5) is 0 Å². The first kappa shape index (κ1) is 16.0. The second-order valence-corrected chi connectivity index (χ2v) is 6.31. The van der Waals surface area contributed by atoms with E-state index in [4.69, 9.17) is 27.1 Å². The van der Waals surface area contributed by atoms with Gasteiger partial charge in [-0.05, 0) is 36.8 Å². The van der Waals surface area contributed by atoms with Crippen LogP contribution in [0, 0.1) is 0 Å². The van der Waals surface area contributed by atoms with Crippen molar-refractivity contribution >= 4 is 22.9 Å². The zero-order chi connectivity index (χ0) is 16.2. The van der Waals surface area contributed by atoms with E-state index in [9.17, 15) is 0 Å². The van der Waals surface area contributed by atoms with Crippen LogP contribution < -0.4 is 10.5 Å². The molecule has 2 N–H and O–H groups in total. The molecule has 1 aromatic heterocycles. The molecule has 0 aliphatic heterocycles. The smallest absolute Gasteiger partial charge is 0.128 e. The highest BCUT2D eigenvalue weighted by molar-refractivity contribution is 7.13. The van der Waals surface area contributed by atoms with Crippen LogP contribution in [0.5, 0.6) is 5.75 Å². The molecule has 3 aromatic rings. The third kappa shape index (κ3) is 3.55. The minimum absolute atomic E-state index is 0.523. The summed E-state index contributed by atoms with van der Waals surface area (Å²) in [6.45, 7) is 3.09. The molecule has 1 heterocycles. The molecule has 2 aromatic carbocycles. The van der Waals surface area contributed by atoms with Crippen molar-refractivity contribution < 1.29 is 4.74 Å². The van der Waals surface area contributed by atoms with Crippen LogP contribution in [0.25, 0.3) is 21.8 Å². The highest BCUT2D eigenvalue weighted by Gasteiger charge is 2.12. The molecule has 0 aliphatic carbocycles. The number of hydrogen-bond acceptors (Lipinski definition) is 4. The number of nitrogens with zero attached hydrogens (tertiary/aromatic N) is 1. The van der Waals surface area contributed by atoms with Crippen molar-refractivity contribution in [3.63, 3.8) is 0 Å². The quantitative estimate of drug-likeness (QED) is 0.709. The Morgan fingerprint density at radius 1 is 1.22 bits per heavy atom. The van der Waals surface area contributed by atoms with E-state index in [1.807, 2.05) is 48.7 Å². The van der Waals surface area contributed by atoms with Crippen LogP contribution in [-0.4, -0.2) is 11.6 Å². The van der Waals surface area contributed by atoms with Crippen molar-refractivity contribution in [3.8, 4) is 27.6 Å². The number of hydrogen-bond donors (Lipinski definition) is 1. The normalized spacial score (nSPS) is 10.7. The molecule has 0 spiro atoms. The van der Waals surface area contributed by atoms with Crippen molar-refractivity contribution in [3.05, 3.63) is 58.4 Å². The predicted molar refractivity (Wildman–Crippen MR) is 97.1 cm³/mol. The van der Waals surface area contributed by atoms with Gasteiger partial charge in [-0.1, -0.05) is 29.8 Å². The van der Waals surface area contributed by atoms with E-state index in [2.05, 4.69) is 6.07 Å². The highest BCUT2D eigenvalue weighted by atomic mass is 35.5. The summed E-state index contributed by atoms with van der Waals surface area (Å²) in [5.41, 5.74) is 9.67. The summed E-state index contributed by atoms with van der Waals surface area (Å²) < 4.78 is 5.69. The van der Waals surface area contributed by atoms with E-state index in [0.29, 0.717) is 18.2 Å². The van der Waals surface area contributed by atoms with E-state index in [0.717, 1.165) is 33.1 Å². The molecule has 0 saturated heterocycles. The molecule has 5 heteroatoms. The Hall–Kier alpha value is -1.88. The van der Waals surface area contributed by atoms with Crippen molar-refractivity contribution in [2.45, 2.75) is 13.5 Å². The number of benzene rings is 2. The van der Waals surface area contributed by atoms with E-state index in [1.165, 1.54) is 0 Å². The van der Waals surface area contributed by atoms with E-state index in [1.54, 1.807) is 11.3 Å². The van der Waals surface area contributed by atoms with Gasteiger partial charge in [-0.15, -0.1) is 11.3 Å². The second-order valence-electron chi connectivity index (χ2n) is 5.02. The van der Waals surface area contributed by atoms with Gasteiger partial charge in [0, 0.05) is 28.1 Å². The number of ether oxygens (including phenoxy) is 1. The molecule has 0 amide bonds. The third-order valence-electron chi connectivity index (χ3n) is 3.43. The fraction of sp³-hybridized carbons (Fsp3) is 0.167. The van der Waals surface area contributed by atoms with Crippen molar-refractivity contribution in [2.24, 2.45) is 5.73 Å². The summed E-state index contributed by atoms with van der Waals surface area (Å²) in [4.78, 5) is 4.75. The van der Waals surface area contributed by atoms with Crippen LogP contribution >= 0.6 is 22.9 Å². The van der Waals surface area contributed by atoms with Gasteiger partial charge in [0.05, 0.1) is 12.3 Å². The van der Waals surface area contributed by atoms with Gasteiger partial charge in [-0.25, -0.2) is 4.98 Å². The Balaban J connectivity index is 2.00. The van der Waals surface area contributed by atoms with Gasteiger partial charge in [-0.3, -0.25) is 0 Å². The first-order valence-corrected chi connectivity index (χ1v) is 8.64. The number of nitrogens with two attached hydrogens (primary N) is 1. The maximum atomic E-state index is 6.14. The van der Waals surface area contributed by atoms with Crippen LogP contribution in [0.3, 0.4) is 0 Å². The number of halogens is 1. The Bertz CT molecular complexity index is 816. The van der Waals surface area contributed by atoms with Crippen LogP contribution in [0.1, 0.15) is 12.5 Å². The summed E-state index contributed by atoms with van der Waals surface area (Å²) in [7, 11) is 0. The summed E-state index contributed by atoms with van der Waals surface area (Å²) >= 11 is 7.74. The van der Waals surface area contributed by atoms with Gasteiger partial charge in [0.2, 0.25) is 0 Å². The number of rotatable bonds is 5. The molecule has 0 atom stereocenters. The van der Waals surface area contributed by atoms with Crippen molar-refractivity contribution in [1.82, 2.24) is 4.98 Å². The van der Waals surface area contributed by atoms with Gasteiger partial charge in [0.15, 0.2) is 0 Å².